The summed E-state index contributed by atoms with van der Waals surface area (Å²) >= 11 is 0. The van der Waals surface area contributed by atoms with E-state index in [9.17, 15) is 0 Å². The average Bonchev–Trinajstić information content (AvgIpc) is 3.05. The predicted molar refractivity (Wildman–Crippen MR) is 93.5 cm³/mol. The minimum atomic E-state index is 0.583. The Bertz CT molecular complexity index is 834. The van der Waals surface area contributed by atoms with Crippen LogP contribution < -0.4 is 4.74 Å². The average molecular weight is 302 g/mol. The Hall–Kier alpha value is -2.81. The number of nitrogens with one attached hydrogen (secondary N) is 1. The van der Waals surface area contributed by atoms with Crippen molar-refractivity contribution in [2.75, 3.05) is 0 Å². The maximum Gasteiger partial charge on any atom is 0.133 e. The van der Waals surface area contributed by atoms with Gasteiger partial charge in [0, 0.05) is 23.5 Å². The van der Waals surface area contributed by atoms with Crippen LogP contribution in [0.5, 0.6) is 5.75 Å². The number of hydrogen-bond donors (Lipinski definition) is 1. The number of benzene rings is 2. The molecule has 0 unspecified atom stereocenters. The van der Waals surface area contributed by atoms with Crippen LogP contribution in [0.2, 0.25) is 0 Å². The minimum absolute atomic E-state index is 0.583. The summed E-state index contributed by atoms with van der Waals surface area (Å²) in [6.07, 6.45) is 6.06. The van der Waals surface area contributed by atoms with Crippen LogP contribution in [0, 0.1) is 0 Å². The van der Waals surface area contributed by atoms with Gasteiger partial charge in [0.1, 0.15) is 18.2 Å². The van der Waals surface area contributed by atoms with E-state index < -0.39 is 0 Å². The molecule has 3 nitrogen and oxygen atoms in total. The highest BCUT2D eigenvalue weighted by Crippen LogP contribution is 2.34. The quantitative estimate of drug-likeness (QED) is 0.730. The van der Waals surface area contributed by atoms with Crippen molar-refractivity contribution < 1.29 is 4.74 Å². The number of hydrogen-bond acceptors (Lipinski definition) is 2. The van der Waals surface area contributed by atoms with Crippen molar-refractivity contribution in [3.63, 3.8) is 0 Å². The van der Waals surface area contributed by atoms with E-state index in [1.165, 1.54) is 22.3 Å². The zero-order chi connectivity index (χ0) is 15.5. The van der Waals surface area contributed by atoms with Crippen molar-refractivity contribution in [1.82, 2.24) is 4.98 Å². The molecular formula is C20H18N2O. The van der Waals surface area contributed by atoms with E-state index in [1.54, 1.807) is 0 Å². The van der Waals surface area contributed by atoms with Crippen LogP contribution in [0.3, 0.4) is 0 Å². The van der Waals surface area contributed by atoms with E-state index in [1.807, 2.05) is 42.7 Å². The molecule has 23 heavy (non-hydrogen) atoms. The molecule has 1 N–H and O–H groups in total. The summed E-state index contributed by atoms with van der Waals surface area (Å²) in [5, 5.41) is 0. The molecule has 2 aromatic carbocycles. The van der Waals surface area contributed by atoms with Crippen molar-refractivity contribution in [2.45, 2.75) is 19.4 Å². The number of fused-ring (bicyclic) bond motifs is 1. The molecule has 114 valence electrons. The molecule has 4 rings (SSSR count). The van der Waals surface area contributed by atoms with Gasteiger partial charge in [-0.15, -0.1) is 0 Å². The molecule has 0 spiro atoms. The van der Waals surface area contributed by atoms with Crippen molar-refractivity contribution in [1.29, 1.82) is 0 Å². The first kappa shape index (κ1) is 13.8. The summed E-state index contributed by atoms with van der Waals surface area (Å²) in [4.78, 5) is 7.69. The smallest absolute Gasteiger partial charge is 0.133 e. The number of aromatic amines is 1. The fourth-order valence-electron chi connectivity index (χ4n) is 2.93. The lowest BCUT2D eigenvalue weighted by Crippen LogP contribution is -1.96. The third-order valence-electron chi connectivity index (χ3n) is 4.10. The molecule has 1 aliphatic rings. The van der Waals surface area contributed by atoms with Gasteiger partial charge in [0.15, 0.2) is 0 Å². The van der Waals surface area contributed by atoms with Crippen LogP contribution in [-0.2, 0) is 13.0 Å². The van der Waals surface area contributed by atoms with Crippen molar-refractivity contribution in [2.24, 2.45) is 4.99 Å². The van der Waals surface area contributed by atoms with Gasteiger partial charge in [0.05, 0.1) is 0 Å². The lowest BCUT2D eigenvalue weighted by Gasteiger charge is -2.10. The Morgan fingerprint density at radius 2 is 1.96 bits per heavy atom. The summed E-state index contributed by atoms with van der Waals surface area (Å²) in [7, 11) is 0. The summed E-state index contributed by atoms with van der Waals surface area (Å²) in [6, 6.07) is 18.5. The van der Waals surface area contributed by atoms with Crippen molar-refractivity contribution >= 4 is 12.0 Å². The minimum Gasteiger partial charge on any atom is -0.489 e. The second kappa shape index (κ2) is 6.13. The second-order valence-electron chi connectivity index (χ2n) is 5.68. The maximum atomic E-state index is 5.94. The van der Waals surface area contributed by atoms with Gasteiger partial charge in [-0.2, -0.15) is 0 Å². The first-order valence-corrected chi connectivity index (χ1v) is 7.90. The van der Waals surface area contributed by atoms with Crippen LogP contribution in [0.25, 0.3) is 11.1 Å². The lowest BCUT2D eigenvalue weighted by atomic mass is 10.00. The maximum absolute atomic E-state index is 5.94. The molecule has 0 atom stereocenters. The van der Waals surface area contributed by atoms with Gasteiger partial charge in [-0.25, -0.2) is 4.99 Å². The molecule has 0 saturated heterocycles. The molecule has 3 heteroatoms. The van der Waals surface area contributed by atoms with Crippen LogP contribution in [-0.4, -0.2) is 11.2 Å². The summed E-state index contributed by atoms with van der Waals surface area (Å²) in [5.41, 5.74) is 4.87. The highest BCUT2D eigenvalue weighted by molar-refractivity contribution is 5.77. The van der Waals surface area contributed by atoms with E-state index in [0.717, 1.165) is 24.4 Å². The molecule has 0 amide bonds. The van der Waals surface area contributed by atoms with Crippen molar-refractivity contribution in [3.05, 3.63) is 71.9 Å². The highest BCUT2D eigenvalue weighted by atomic mass is 16.5. The molecule has 0 saturated carbocycles. The molecule has 1 aliphatic heterocycles. The fraction of sp³-hybridized carbons (Fsp3) is 0.150. The highest BCUT2D eigenvalue weighted by Gasteiger charge is 2.14. The Morgan fingerprint density at radius 1 is 1.04 bits per heavy atom. The molecule has 0 aliphatic carbocycles. The molecule has 3 aromatic rings. The van der Waals surface area contributed by atoms with Gasteiger partial charge < -0.3 is 9.72 Å². The van der Waals surface area contributed by atoms with Crippen molar-refractivity contribution in [3.8, 4) is 16.9 Å². The number of aromatic nitrogens is 1. The van der Waals surface area contributed by atoms with Crippen LogP contribution >= 0.6 is 0 Å². The predicted octanol–water partition coefficient (Wildman–Crippen LogP) is 4.91. The van der Waals surface area contributed by atoms with Crippen LogP contribution in [0.15, 0.2) is 65.8 Å². The largest absolute Gasteiger partial charge is 0.489 e. The fourth-order valence-corrected chi connectivity index (χ4v) is 2.93. The molecule has 0 bridgehead atoms. The monoisotopic (exact) mass is 302 g/mol. The second-order valence-corrected chi connectivity index (χ2v) is 5.68. The summed E-state index contributed by atoms with van der Waals surface area (Å²) in [5.74, 6) is 1.88. The summed E-state index contributed by atoms with van der Waals surface area (Å²) < 4.78 is 5.94. The van der Waals surface area contributed by atoms with Crippen LogP contribution in [0.4, 0.5) is 5.82 Å². The van der Waals surface area contributed by atoms with Crippen LogP contribution in [0.1, 0.15) is 17.5 Å². The molecule has 0 radical (unpaired) electrons. The van der Waals surface area contributed by atoms with E-state index >= 15 is 0 Å². The zero-order valence-corrected chi connectivity index (χ0v) is 12.8. The van der Waals surface area contributed by atoms with Gasteiger partial charge in [0.2, 0.25) is 0 Å². The van der Waals surface area contributed by atoms with Gasteiger partial charge >= 0.3 is 0 Å². The molecular weight excluding hydrogens is 284 g/mol. The lowest BCUT2D eigenvalue weighted by molar-refractivity contribution is 0.306. The first-order chi connectivity index (χ1) is 11.4. The Labute approximate surface area is 135 Å². The van der Waals surface area contributed by atoms with Gasteiger partial charge in [-0.3, -0.25) is 0 Å². The number of rotatable bonds is 4. The third kappa shape index (κ3) is 2.90. The van der Waals surface area contributed by atoms with E-state index in [4.69, 9.17) is 4.74 Å². The van der Waals surface area contributed by atoms with E-state index in [0.29, 0.717) is 6.61 Å². The number of ether oxygens (including phenoxy) is 1. The molecule has 0 fully saturated rings. The standard InChI is InChI=1S/C20H18N2O/c1-2-6-15(7-3-1)14-23-17-9-4-8-16(12-17)19-13-22-20-18(19)10-5-11-21-20/h1-4,6-9,11-13,22H,5,10,14H2. The molecule has 2 heterocycles. The number of nitrogens with zero attached hydrogens (tertiary/aromatic N) is 1. The Kier molecular flexibility index (Phi) is 3.68. The van der Waals surface area contributed by atoms with Gasteiger partial charge in [0.25, 0.3) is 0 Å². The number of H-pyrrole nitrogens is 1. The van der Waals surface area contributed by atoms with Gasteiger partial charge in [-0.05, 0) is 36.1 Å². The molecule has 1 aromatic heterocycles. The zero-order valence-electron chi connectivity index (χ0n) is 12.8. The first-order valence-electron chi connectivity index (χ1n) is 7.90. The summed E-state index contributed by atoms with van der Waals surface area (Å²) in [6.45, 7) is 0.583. The topological polar surface area (TPSA) is 37.4 Å². The van der Waals surface area contributed by atoms with E-state index in [-0.39, 0.29) is 0 Å². The van der Waals surface area contributed by atoms with Gasteiger partial charge in [-0.1, -0.05) is 42.5 Å². The Morgan fingerprint density at radius 3 is 2.87 bits per heavy atom. The SMILES string of the molecule is C1=Nc2[nH]cc(-c3cccc(OCc4ccccc4)c3)c2CC1. The third-order valence-corrected chi connectivity index (χ3v) is 4.10. The number of aliphatic imine (C=N–C) groups is 1. The Balaban J connectivity index is 1.57. The van der Waals surface area contributed by atoms with E-state index in [2.05, 4.69) is 34.2 Å². The normalized spacial score (nSPS) is 12.9.